The molecule has 8 nitrogen and oxygen atoms in total. The van der Waals surface area contributed by atoms with E-state index in [-0.39, 0.29) is 5.41 Å². The molecule has 5 heterocycles. The van der Waals surface area contributed by atoms with Crippen LogP contribution in [0.25, 0.3) is 21.8 Å². The summed E-state index contributed by atoms with van der Waals surface area (Å²) in [5.41, 5.74) is 9.08. The van der Waals surface area contributed by atoms with Crippen molar-refractivity contribution in [1.29, 1.82) is 0 Å². The lowest BCUT2D eigenvalue weighted by Gasteiger charge is -2.41. The number of Topliss-reactive ketones (excluding diaryl/α,β-unsaturated/α-hetero) is 1. The maximum atomic E-state index is 13.0. The Balaban J connectivity index is 1.46. The number of amides is 1. The first-order valence-corrected chi connectivity index (χ1v) is 13.3. The van der Waals surface area contributed by atoms with Crippen LogP contribution in [0.1, 0.15) is 61.4 Å². The molecule has 3 aliphatic heterocycles. The van der Waals surface area contributed by atoms with Gasteiger partial charge in [-0.1, -0.05) is 6.07 Å². The molecule has 2 aromatic heterocycles. The van der Waals surface area contributed by atoms with Crippen molar-refractivity contribution in [1.82, 2.24) is 19.9 Å². The quantitative estimate of drug-likeness (QED) is 0.586. The van der Waals surface area contributed by atoms with Crippen molar-refractivity contribution in [3.05, 3.63) is 41.7 Å². The van der Waals surface area contributed by atoms with E-state index in [4.69, 9.17) is 5.73 Å². The SMILES string of the molecule is CC(C)N1CCC(c2ccc3c(c2)c2cncc(C(N)=O)c2n3N2CCC(=O)C3(CCNC3)C2)CC1. The molecule has 1 aromatic carbocycles. The van der Waals surface area contributed by atoms with Gasteiger partial charge in [-0.05, 0) is 76.4 Å². The molecule has 0 bridgehead atoms. The zero-order valence-corrected chi connectivity index (χ0v) is 21.3. The summed E-state index contributed by atoms with van der Waals surface area (Å²) in [4.78, 5) is 32.4. The zero-order chi connectivity index (χ0) is 25.0. The third kappa shape index (κ3) is 3.69. The summed E-state index contributed by atoms with van der Waals surface area (Å²) in [6.07, 6.45) is 7.08. The van der Waals surface area contributed by atoms with Crippen LogP contribution in [0.15, 0.2) is 30.6 Å². The molecule has 0 saturated carbocycles. The second-order valence-electron chi connectivity index (χ2n) is 11.2. The lowest BCUT2D eigenvalue weighted by atomic mass is 9.78. The van der Waals surface area contributed by atoms with Crippen LogP contribution in [-0.4, -0.2) is 71.6 Å². The molecule has 1 spiro atoms. The molecule has 1 amide bonds. The molecular weight excluding hydrogens is 452 g/mol. The number of hydrogen-bond acceptors (Lipinski definition) is 6. The minimum atomic E-state index is -0.483. The maximum Gasteiger partial charge on any atom is 0.252 e. The predicted molar refractivity (Wildman–Crippen MR) is 142 cm³/mol. The Labute approximate surface area is 211 Å². The second-order valence-corrected chi connectivity index (χ2v) is 11.2. The standard InChI is InChI=1S/C28H36N6O2/c1-18(2)32-10-5-19(6-11-32)20-3-4-24-21(13-20)22-14-31-15-23(27(29)36)26(22)34(24)33-12-7-25(35)28(17-33)8-9-30-16-28/h3-4,13-15,18-19,30H,5-12,16-17H2,1-2H3,(H2,29,36). The van der Waals surface area contributed by atoms with Crippen molar-refractivity contribution in [2.45, 2.75) is 51.5 Å². The highest BCUT2D eigenvalue weighted by atomic mass is 16.1. The number of benzene rings is 1. The number of fused-ring (bicyclic) bond motifs is 3. The summed E-state index contributed by atoms with van der Waals surface area (Å²) in [6, 6.07) is 7.34. The molecule has 3 N–H and O–H groups in total. The van der Waals surface area contributed by atoms with Crippen LogP contribution in [0.3, 0.4) is 0 Å². The van der Waals surface area contributed by atoms with E-state index >= 15 is 0 Å². The topological polar surface area (TPSA) is 96.5 Å². The fraction of sp³-hybridized carbons (Fsp3) is 0.536. The van der Waals surface area contributed by atoms with Gasteiger partial charge in [0.1, 0.15) is 5.78 Å². The molecular formula is C28H36N6O2. The van der Waals surface area contributed by atoms with Crippen molar-refractivity contribution in [3.8, 4) is 0 Å². The van der Waals surface area contributed by atoms with Gasteiger partial charge >= 0.3 is 0 Å². The summed E-state index contributed by atoms with van der Waals surface area (Å²) in [7, 11) is 0. The van der Waals surface area contributed by atoms with Gasteiger partial charge in [-0.3, -0.25) is 19.2 Å². The van der Waals surface area contributed by atoms with Crippen LogP contribution < -0.4 is 16.1 Å². The number of piperidine rings is 2. The number of carbonyl (C=O) groups excluding carboxylic acids is 2. The highest BCUT2D eigenvalue weighted by Gasteiger charge is 2.45. The minimum absolute atomic E-state index is 0.344. The number of primary amides is 1. The summed E-state index contributed by atoms with van der Waals surface area (Å²) >= 11 is 0. The van der Waals surface area contributed by atoms with Gasteiger partial charge in [0.15, 0.2) is 0 Å². The van der Waals surface area contributed by atoms with Gasteiger partial charge in [0.25, 0.3) is 5.91 Å². The second kappa shape index (κ2) is 8.85. The number of carbonyl (C=O) groups is 2. The molecule has 0 aliphatic carbocycles. The average Bonchev–Trinajstić information content (AvgIpc) is 3.48. The first kappa shape index (κ1) is 23.4. The van der Waals surface area contributed by atoms with Gasteiger partial charge in [0.05, 0.1) is 22.0 Å². The summed E-state index contributed by atoms with van der Waals surface area (Å²) in [6.45, 7) is 9.60. The molecule has 190 valence electrons. The normalized spacial score (nSPS) is 24.1. The van der Waals surface area contributed by atoms with Gasteiger partial charge in [0, 0.05) is 55.3 Å². The Morgan fingerprint density at radius 1 is 1.17 bits per heavy atom. The van der Waals surface area contributed by atoms with Crippen LogP contribution in [0, 0.1) is 5.41 Å². The van der Waals surface area contributed by atoms with E-state index in [2.05, 4.69) is 56.9 Å². The molecule has 3 aliphatic rings. The molecule has 3 saturated heterocycles. The van der Waals surface area contributed by atoms with E-state index in [1.807, 2.05) is 6.20 Å². The fourth-order valence-corrected chi connectivity index (χ4v) is 6.73. The van der Waals surface area contributed by atoms with Crippen molar-refractivity contribution in [3.63, 3.8) is 0 Å². The lowest BCUT2D eigenvalue weighted by Crippen LogP contribution is -2.54. The van der Waals surface area contributed by atoms with E-state index in [0.29, 0.717) is 49.4 Å². The number of likely N-dealkylation sites (tertiary alicyclic amines) is 1. The molecule has 3 fully saturated rings. The molecule has 8 heteroatoms. The number of nitrogens with two attached hydrogens (primary N) is 1. The maximum absolute atomic E-state index is 13.0. The van der Waals surface area contributed by atoms with Gasteiger partial charge < -0.3 is 21.0 Å². The Kier molecular flexibility index (Phi) is 5.76. The number of hydrogen-bond donors (Lipinski definition) is 2. The Hall–Kier alpha value is -2.97. The number of aromatic nitrogens is 2. The molecule has 3 aromatic rings. The molecule has 6 rings (SSSR count). The van der Waals surface area contributed by atoms with E-state index < -0.39 is 5.91 Å². The van der Waals surface area contributed by atoms with E-state index in [0.717, 1.165) is 60.7 Å². The third-order valence-corrected chi connectivity index (χ3v) is 8.87. The Morgan fingerprint density at radius 2 is 1.97 bits per heavy atom. The number of rotatable bonds is 4. The fourth-order valence-electron chi connectivity index (χ4n) is 6.73. The molecule has 1 atom stereocenters. The molecule has 1 unspecified atom stereocenters. The summed E-state index contributed by atoms with van der Waals surface area (Å²) in [5.74, 6) is 0.385. The van der Waals surface area contributed by atoms with E-state index in [9.17, 15) is 9.59 Å². The van der Waals surface area contributed by atoms with Crippen molar-refractivity contribution in [2.24, 2.45) is 11.1 Å². The molecule has 0 radical (unpaired) electrons. The summed E-state index contributed by atoms with van der Waals surface area (Å²) in [5, 5.41) is 7.69. The first-order chi connectivity index (χ1) is 17.4. The minimum Gasteiger partial charge on any atom is -0.365 e. The number of nitrogens with zero attached hydrogens (tertiary/aromatic N) is 4. The highest BCUT2D eigenvalue weighted by Crippen LogP contribution is 2.38. The number of pyridine rings is 1. The predicted octanol–water partition coefficient (Wildman–Crippen LogP) is 2.77. The van der Waals surface area contributed by atoms with Crippen LogP contribution in [0.4, 0.5) is 0 Å². The Bertz CT molecular complexity index is 1330. The van der Waals surface area contributed by atoms with Crippen molar-refractivity contribution in [2.75, 3.05) is 44.3 Å². The monoisotopic (exact) mass is 488 g/mol. The third-order valence-electron chi connectivity index (χ3n) is 8.87. The Morgan fingerprint density at radius 3 is 2.67 bits per heavy atom. The first-order valence-electron chi connectivity index (χ1n) is 13.3. The average molecular weight is 489 g/mol. The van der Waals surface area contributed by atoms with Crippen molar-refractivity contribution >= 4 is 33.5 Å². The number of nitrogens with one attached hydrogen (secondary N) is 1. The van der Waals surface area contributed by atoms with Crippen LogP contribution in [0.5, 0.6) is 0 Å². The smallest absolute Gasteiger partial charge is 0.252 e. The van der Waals surface area contributed by atoms with Gasteiger partial charge in [0.2, 0.25) is 0 Å². The lowest BCUT2D eigenvalue weighted by molar-refractivity contribution is -0.128. The van der Waals surface area contributed by atoms with Crippen LogP contribution >= 0.6 is 0 Å². The van der Waals surface area contributed by atoms with Gasteiger partial charge in [-0.15, -0.1) is 0 Å². The van der Waals surface area contributed by atoms with Gasteiger partial charge in [-0.25, -0.2) is 0 Å². The van der Waals surface area contributed by atoms with Crippen LogP contribution in [-0.2, 0) is 4.79 Å². The number of ketones is 1. The van der Waals surface area contributed by atoms with E-state index in [1.54, 1.807) is 6.20 Å². The zero-order valence-electron chi connectivity index (χ0n) is 21.3. The largest absolute Gasteiger partial charge is 0.365 e. The molecule has 36 heavy (non-hydrogen) atoms. The van der Waals surface area contributed by atoms with Crippen LogP contribution in [0.2, 0.25) is 0 Å². The highest BCUT2D eigenvalue weighted by molar-refractivity contribution is 6.15. The van der Waals surface area contributed by atoms with Gasteiger partial charge in [-0.2, -0.15) is 0 Å². The van der Waals surface area contributed by atoms with E-state index in [1.165, 1.54) is 5.56 Å². The summed E-state index contributed by atoms with van der Waals surface area (Å²) < 4.78 is 2.16. The van der Waals surface area contributed by atoms with Crippen molar-refractivity contribution < 1.29 is 9.59 Å².